The summed E-state index contributed by atoms with van der Waals surface area (Å²) in [5.74, 6) is -0.615. The van der Waals surface area contributed by atoms with Crippen molar-refractivity contribution >= 4 is 23.7 Å². The Bertz CT molecular complexity index is 979. The van der Waals surface area contributed by atoms with E-state index in [9.17, 15) is 14.4 Å². The number of aliphatic imine (C=N–C) groups is 1. The van der Waals surface area contributed by atoms with Crippen LogP contribution in [0.1, 0.15) is 18.4 Å². The van der Waals surface area contributed by atoms with Crippen LogP contribution in [0.4, 0.5) is 0 Å². The zero-order chi connectivity index (χ0) is 23.6. The first-order chi connectivity index (χ1) is 15.9. The number of hydrogen-bond acceptors (Lipinski definition) is 5. The van der Waals surface area contributed by atoms with Crippen molar-refractivity contribution in [3.63, 3.8) is 0 Å². The van der Waals surface area contributed by atoms with E-state index in [1.807, 2.05) is 48.5 Å². The summed E-state index contributed by atoms with van der Waals surface area (Å²) in [7, 11) is 0. The summed E-state index contributed by atoms with van der Waals surface area (Å²) < 4.78 is 5.73. The van der Waals surface area contributed by atoms with Crippen LogP contribution >= 0.6 is 0 Å². The minimum Gasteiger partial charge on any atom is -0.468 e. The Morgan fingerprint density at radius 2 is 1.73 bits per heavy atom. The predicted octanol–water partition coefficient (Wildman–Crippen LogP) is -0.213. The number of carbonyl (C=O) groups is 3. The molecule has 1 saturated heterocycles. The Kier molecular flexibility index (Phi) is 8.23. The average Bonchev–Trinajstić information content (AvgIpc) is 2.81. The van der Waals surface area contributed by atoms with E-state index in [1.54, 1.807) is 12.1 Å². The topological polar surface area (TPSA) is 161 Å². The van der Waals surface area contributed by atoms with E-state index in [0.29, 0.717) is 18.7 Å². The minimum absolute atomic E-state index is 0.0391. The maximum atomic E-state index is 13.0. The van der Waals surface area contributed by atoms with Gasteiger partial charge in [-0.15, -0.1) is 0 Å². The quantitative estimate of drug-likeness (QED) is 0.137. The number of amides is 3. The number of nitrogens with one attached hydrogen (secondary N) is 3. The average molecular weight is 453 g/mol. The van der Waals surface area contributed by atoms with E-state index in [-0.39, 0.29) is 30.6 Å². The highest BCUT2D eigenvalue weighted by Crippen LogP contribution is 2.16. The lowest BCUT2D eigenvalue weighted by atomic mass is 10.0. The third-order valence-electron chi connectivity index (χ3n) is 4.96. The number of ether oxygens (including phenoxy) is 1. The van der Waals surface area contributed by atoms with E-state index in [4.69, 9.17) is 16.2 Å². The Morgan fingerprint density at radius 1 is 1.06 bits per heavy atom. The van der Waals surface area contributed by atoms with Gasteiger partial charge in [-0.1, -0.05) is 48.5 Å². The van der Waals surface area contributed by atoms with Crippen LogP contribution in [0.3, 0.4) is 0 Å². The molecule has 0 saturated carbocycles. The van der Waals surface area contributed by atoms with E-state index in [0.717, 1.165) is 5.56 Å². The van der Waals surface area contributed by atoms with Gasteiger partial charge in [0, 0.05) is 19.4 Å². The molecule has 10 heteroatoms. The lowest BCUT2D eigenvalue weighted by Gasteiger charge is -2.37. The number of benzene rings is 2. The molecule has 3 rings (SSSR count). The molecule has 0 aliphatic carbocycles. The number of nitrogens with zero attached hydrogens (tertiary/aromatic N) is 1. The van der Waals surface area contributed by atoms with Gasteiger partial charge in [-0.25, -0.2) is 0 Å². The molecule has 1 fully saturated rings. The second-order valence-electron chi connectivity index (χ2n) is 7.57. The highest BCUT2D eigenvalue weighted by Gasteiger charge is 2.43. The Balaban J connectivity index is 1.62. The molecule has 10 nitrogen and oxygen atoms in total. The predicted molar refractivity (Wildman–Crippen MR) is 123 cm³/mol. The van der Waals surface area contributed by atoms with Crippen LogP contribution in [-0.4, -0.2) is 48.5 Å². The van der Waals surface area contributed by atoms with E-state index >= 15 is 0 Å². The maximum absolute atomic E-state index is 13.0. The molecular formula is C23H28N6O4. The standard InChI is InChI=1S/C23H28N6O4/c24-23(25)26-13-7-12-18(30)27-17(14-15-8-3-1-4-9-15)20(31)28-19-21(32)29-22(19)33-16-10-5-2-6-11-16/h1-6,8-11,17,19,22H,7,12-14H2,(H,27,30)(H,28,31)(H,29,32)(H4,24,25,26). The van der Waals surface area contributed by atoms with Crippen molar-refractivity contribution in [2.45, 2.75) is 37.6 Å². The fourth-order valence-electron chi connectivity index (χ4n) is 3.27. The third-order valence-corrected chi connectivity index (χ3v) is 4.96. The Labute approximate surface area is 191 Å². The zero-order valence-corrected chi connectivity index (χ0v) is 18.1. The second-order valence-corrected chi connectivity index (χ2v) is 7.57. The van der Waals surface area contributed by atoms with Gasteiger partial charge in [-0.2, -0.15) is 0 Å². The molecule has 3 amide bonds. The Morgan fingerprint density at radius 3 is 2.36 bits per heavy atom. The van der Waals surface area contributed by atoms with Crippen LogP contribution in [0.25, 0.3) is 0 Å². The molecule has 3 atom stereocenters. The van der Waals surface area contributed by atoms with Crippen molar-refractivity contribution in [1.29, 1.82) is 0 Å². The molecule has 0 spiro atoms. The summed E-state index contributed by atoms with van der Waals surface area (Å²) in [4.78, 5) is 41.4. The molecule has 1 heterocycles. The summed E-state index contributed by atoms with van der Waals surface area (Å²) >= 11 is 0. The fraction of sp³-hybridized carbons (Fsp3) is 0.304. The number of rotatable bonds is 11. The van der Waals surface area contributed by atoms with Gasteiger partial charge >= 0.3 is 0 Å². The van der Waals surface area contributed by atoms with Crippen molar-refractivity contribution in [1.82, 2.24) is 16.0 Å². The summed E-state index contributed by atoms with van der Waals surface area (Å²) in [5.41, 5.74) is 11.4. The van der Waals surface area contributed by atoms with Gasteiger partial charge in [0.05, 0.1) is 0 Å². The molecular weight excluding hydrogens is 424 g/mol. The molecule has 0 aromatic heterocycles. The van der Waals surface area contributed by atoms with Crippen LogP contribution in [-0.2, 0) is 20.8 Å². The molecule has 174 valence electrons. The van der Waals surface area contributed by atoms with Gasteiger partial charge in [0.1, 0.15) is 11.8 Å². The Hall–Kier alpha value is -4.08. The van der Waals surface area contributed by atoms with Gasteiger partial charge in [0.2, 0.25) is 18.0 Å². The number of carbonyl (C=O) groups excluding carboxylic acids is 3. The second kappa shape index (κ2) is 11.5. The monoisotopic (exact) mass is 452 g/mol. The number of hydrogen-bond donors (Lipinski definition) is 5. The van der Waals surface area contributed by atoms with Crippen molar-refractivity contribution in [2.24, 2.45) is 16.5 Å². The molecule has 2 aromatic carbocycles. The molecule has 0 bridgehead atoms. The van der Waals surface area contributed by atoms with Gasteiger partial charge in [0.25, 0.3) is 5.91 Å². The van der Waals surface area contributed by atoms with Crippen molar-refractivity contribution < 1.29 is 19.1 Å². The summed E-state index contributed by atoms with van der Waals surface area (Å²) in [5, 5.41) is 8.07. The number of para-hydroxylation sites is 1. The van der Waals surface area contributed by atoms with E-state index in [1.165, 1.54) is 0 Å². The van der Waals surface area contributed by atoms with Crippen LogP contribution in [0.15, 0.2) is 65.7 Å². The highest BCUT2D eigenvalue weighted by molar-refractivity contribution is 5.95. The van der Waals surface area contributed by atoms with Crippen molar-refractivity contribution in [3.8, 4) is 5.75 Å². The van der Waals surface area contributed by atoms with Gasteiger partial charge in [-0.05, 0) is 24.1 Å². The van der Waals surface area contributed by atoms with Crippen molar-refractivity contribution in [3.05, 3.63) is 66.2 Å². The maximum Gasteiger partial charge on any atom is 0.251 e. The molecule has 0 radical (unpaired) electrons. The molecule has 1 aliphatic heterocycles. The van der Waals surface area contributed by atoms with Gasteiger partial charge < -0.3 is 32.2 Å². The van der Waals surface area contributed by atoms with Crippen molar-refractivity contribution in [2.75, 3.05) is 6.54 Å². The van der Waals surface area contributed by atoms with Crippen LogP contribution in [0.2, 0.25) is 0 Å². The molecule has 1 aliphatic rings. The first-order valence-electron chi connectivity index (χ1n) is 10.6. The fourth-order valence-corrected chi connectivity index (χ4v) is 3.27. The number of nitrogens with two attached hydrogens (primary N) is 2. The summed E-state index contributed by atoms with van der Waals surface area (Å²) in [6.07, 6.45) is 0.155. The molecule has 2 aromatic rings. The summed E-state index contributed by atoms with van der Waals surface area (Å²) in [6.45, 7) is 0.312. The first-order valence-corrected chi connectivity index (χ1v) is 10.6. The lowest BCUT2D eigenvalue weighted by molar-refractivity contribution is -0.144. The zero-order valence-electron chi connectivity index (χ0n) is 18.1. The largest absolute Gasteiger partial charge is 0.468 e. The van der Waals surface area contributed by atoms with Gasteiger partial charge in [-0.3, -0.25) is 19.4 Å². The minimum atomic E-state index is -0.867. The molecule has 7 N–H and O–H groups in total. The third kappa shape index (κ3) is 7.23. The summed E-state index contributed by atoms with van der Waals surface area (Å²) in [6, 6.07) is 16.5. The number of guanidine groups is 1. The SMILES string of the molecule is NC(N)=NCCCC(=O)NC(Cc1ccccc1)C(=O)NC1C(=O)NC1Oc1ccccc1. The highest BCUT2D eigenvalue weighted by atomic mass is 16.5. The lowest BCUT2D eigenvalue weighted by Crippen LogP contribution is -2.72. The smallest absolute Gasteiger partial charge is 0.251 e. The van der Waals surface area contributed by atoms with E-state index < -0.39 is 24.2 Å². The number of β-lactam (4-membered cyclic amide) rings is 1. The molecule has 33 heavy (non-hydrogen) atoms. The van der Waals surface area contributed by atoms with Crippen LogP contribution < -0.4 is 32.2 Å². The normalized spacial score (nSPS) is 17.6. The van der Waals surface area contributed by atoms with Crippen LogP contribution in [0.5, 0.6) is 5.75 Å². The first kappa shape index (κ1) is 23.6. The molecule has 3 unspecified atom stereocenters. The van der Waals surface area contributed by atoms with Crippen LogP contribution in [0, 0.1) is 0 Å². The van der Waals surface area contributed by atoms with Gasteiger partial charge in [0.15, 0.2) is 12.0 Å². The van der Waals surface area contributed by atoms with E-state index in [2.05, 4.69) is 20.9 Å².